The van der Waals surface area contributed by atoms with Crippen LogP contribution in [0.3, 0.4) is 0 Å². The van der Waals surface area contributed by atoms with Crippen LogP contribution < -0.4 is 24.8 Å². The Morgan fingerprint density at radius 2 is 0.889 bits per heavy atom. The third kappa shape index (κ3) is 4.52. The van der Waals surface area contributed by atoms with Crippen LogP contribution in [-0.2, 0) is 64.7 Å². The second-order valence-corrected chi connectivity index (χ2v) is 7.40. The number of allylic oxidation sites excluding steroid dienone is 2. The van der Waals surface area contributed by atoms with Crippen molar-refractivity contribution in [3.05, 3.63) is 80.9 Å². The summed E-state index contributed by atoms with van der Waals surface area (Å²) in [6, 6.07) is 9.48. The van der Waals surface area contributed by atoms with Crippen molar-refractivity contribution in [2.75, 3.05) is 0 Å². The van der Waals surface area contributed by atoms with E-state index in [-0.39, 0.29) is 51.0 Å². The summed E-state index contributed by atoms with van der Waals surface area (Å²) in [5.41, 5.74) is 12.1. The first-order valence-electron chi connectivity index (χ1n) is 9.29. The number of halogens is 2. The molecule has 0 saturated carbocycles. The minimum absolute atomic E-state index is 0. The molecule has 0 saturated heterocycles. The Hall–Kier alpha value is -0.617. The van der Waals surface area contributed by atoms with E-state index in [2.05, 4.69) is 48.6 Å². The normalized spacial score (nSPS) is 16.0. The van der Waals surface area contributed by atoms with Crippen LogP contribution in [0.5, 0.6) is 0 Å². The third-order valence-corrected chi connectivity index (χ3v) is 5.81. The zero-order valence-corrected chi connectivity index (χ0v) is 19.3. The van der Waals surface area contributed by atoms with Gasteiger partial charge in [0.15, 0.2) is 0 Å². The first-order chi connectivity index (χ1) is 11.9. The van der Waals surface area contributed by atoms with Crippen molar-refractivity contribution in [1.29, 1.82) is 0 Å². The topological polar surface area (TPSA) is 0 Å². The molecule has 3 heteroatoms. The SMILES string of the molecule is [C-]1=Cc2cc3c(cc2C1)CCC3.[C-]1=Cc2cc3c(cc2C1)CCC3.[Cl-].[Cl-].[Zr+4]. The molecule has 0 aliphatic heterocycles. The Balaban J connectivity index is 0.000000174. The summed E-state index contributed by atoms with van der Waals surface area (Å²) in [5.74, 6) is 0. The summed E-state index contributed by atoms with van der Waals surface area (Å²) in [4.78, 5) is 0. The van der Waals surface area contributed by atoms with E-state index in [0.717, 1.165) is 12.8 Å². The minimum atomic E-state index is 0. The largest absolute Gasteiger partial charge is 4.00 e. The molecule has 0 fully saturated rings. The van der Waals surface area contributed by atoms with Crippen LogP contribution in [0, 0.1) is 12.2 Å². The van der Waals surface area contributed by atoms with Gasteiger partial charge in [0.1, 0.15) is 0 Å². The van der Waals surface area contributed by atoms with Crippen molar-refractivity contribution in [3.63, 3.8) is 0 Å². The van der Waals surface area contributed by atoms with Crippen LogP contribution >= 0.6 is 0 Å². The molecular formula is C24H22Cl2Zr. The molecule has 6 rings (SSSR count). The van der Waals surface area contributed by atoms with E-state index in [1.807, 2.05) is 0 Å². The Bertz CT molecular complexity index is 805. The number of hydrogen-bond acceptors (Lipinski definition) is 0. The first-order valence-corrected chi connectivity index (χ1v) is 9.29. The average molecular weight is 473 g/mol. The molecular weight excluding hydrogens is 450 g/mol. The van der Waals surface area contributed by atoms with Gasteiger partial charge in [0.2, 0.25) is 0 Å². The molecule has 0 atom stereocenters. The van der Waals surface area contributed by atoms with Crippen LogP contribution in [0.25, 0.3) is 12.2 Å². The fourth-order valence-corrected chi connectivity index (χ4v) is 4.51. The molecule has 0 nitrogen and oxygen atoms in total. The van der Waals surface area contributed by atoms with E-state index in [1.54, 1.807) is 22.3 Å². The Labute approximate surface area is 194 Å². The molecule has 4 aliphatic carbocycles. The van der Waals surface area contributed by atoms with Crippen LogP contribution in [0.1, 0.15) is 57.3 Å². The standard InChI is InChI=1S/2C12H11.2ClH.Zr/c2*1-3-9-7-11-5-2-6-12(11)8-10(9)4-1;;;/h2*5,7-8H,1,3-4,6H2;2*1H;/q2*-1;;;+4/p-2. The molecule has 0 aromatic heterocycles. The molecule has 0 unspecified atom stereocenters. The van der Waals surface area contributed by atoms with Crippen LogP contribution in [0.15, 0.2) is 24.3 Å². The molecule has 0 amide bonds. The number of aryl methyl sites for hydroxylation is 4. The summed E-state index contributed by atoms with van der Waals surface area (Å²) in [6.07, 6.45) is 20.7. The molecule has 0 bridgehead atoms. The minimum Gasteiger partial charge on any atom is -1.00 e. The first kappa shape index (κ1) is 22.7. The van der Waals surface area contributed by atoms with Crippen molar-refractivity contribution in [3.8, 4) is 0 Å². The Kier molecular flexibility index (Phi) is 8.17. The predicted octanol–water partition coefficient (Wildman–Crippen LogP) is -0.899. The van der Waals surface area contributed by atoms with Gasteiger partial charge in [-0.3, -0.25) is 12.2 Å². The van der Waals surface area contributed by atoms with Crippen molar-refractivity contribution >= 4 is 12.2 Å². The summed E-state index contributed by atoms with van der Waals surface area (Å²) < 4.78 is 0. The number of benzene rings is 2. The van der Waals surface area contributed by atoms with Gasteiger partial charge in [-0.2, -0.15) is 11.1 Å². The number of rotatable bonds is 0. The number of hydrogen-bond donors (Lipinski definition) is 0. The van der Waals surface area contributed by atoms with Gasteiger partial charge in [0.05, 0.1) is 0 Å². The quantitative estimate of drug-likeness (QED) is 0.436. The van der Waals surface area contributed by atoms with E-state index < -0.39 is 0 Å². The Morgan fingerprint density at radius 1 is 0.519 bits per heavy atom. The maximum atomic E-state index is 3.27. The molecule has 0 heterocycles. The molecule has 0 spiro atoms. The maximum Gasteiger partial charge on any atom is 4.00 e. The summed E-state index contributed by atoms with van der Waals surface area (Å²) in [7, 11) is 0. The van der Waals surface area contributed by atoms with E-state index in [4.69, 9.17) is 0 Å². The fourth-order valence-electron chi connectivity index (χ4n) is 4.51. The van der Waals surface area contributed by atoms with Crippen molar-refractivity contribution in [1.82, 2.24) is 0 Å². The van der Waals surface area contributed by atoms with Crippen LogP contribution in [-0.4, -0.2) is 0 Å². The smallest absolute Gasteiger partial charge is 1.00 e. The van der Waals surface area contributed by atoms with Gasteiger partial charge >= 0.3 is 26.2 Å². The van der Waals surface area contributed by atoms with Crippen molar-refractivity contribution < 1.29 is 51.0 Å². The van der Waals surface area contributed by atoms with E-state index in [1.165, 1.54) is 60.8 Å². The van der Waals surface area contributed by atoms with Gasteiger partial charge in [0.25, 0.3) is 0 Å². The van der Waals surface area contributed by atoms with E-state index >= 15 is 0 Å². The molecule has 27 heavy (non-hydrogen) atoms. The molecule has 0 radical (unpaired) electrons. The average Bonchev–Trinajstić information content (AvgIpc) is 3.35. The monoisotopic (exact) mass is 470 g/mol. The second-order valence-electron chi connectivity index (χ2n) is 7.40. The molecule has 136 valence electrons. The second kappa shape index (κ2) is 9.73. The van der Waals surface area contributed by atoms with Gasteiger partial charge in [-0.05, 0) is 49.7 Å². The summed E-state index contributed by atoms with van der Waals surface area (Å²) >= 11 is 0. The molecule has 0 N–H and O–H groups in total. The van der Waals surface area contributed by atoms with Crippen molar-refractivity contribution in [2.45, 2.75) is 51.4 Å². The summed E-state index contributed by atoms with van der Waals surface area (Å²) in [6.45, 7) is 0. The number of fused-ring (bicyclic) bond motifs is 4. The summed E-state index contributed by atoms with van der Waals surface area (Å²) in [5, 5.41) is 0. The molecule has 4 aliphatic rings. The third-order valence-electron chi connectivity index (χ3n) is 5.81. The van der Waals surface area contributed by atoms with Gasteiger partial charge < -0.3 is 24.8 Å². The molecule has 2 aromatic rings. The van der Waals surface area contributed by atoms with Gasteiger partial charge in [-0.15, -0.1) is 36.1 Å². The van der Waals surface area contributed by atoms with Gasteiger partial charge in [-0.1, -0.05) is 23.3 Å². The molecule has 2 aromatic carbocycles. The predicted molar refractivity (Wildman–Crippen MR) is 99.8 cm³/mol. The zero-order valence-electron chi connectivity index (χ0n) is 15.4. The van der Waals surface area contributed by atoms with Gasteiger partial charge in [0, 0.05) is 0 Å². The van der Waals surface area contributed by atoms with E-state index in [0.29, 0.717) is 0 Å². The van der Waals surface area contributed by atoms with E-state index in [9.17, 15) is 0 Å². The maximum absolute atomic E-state index is 3.27. The van der Waals surface area contributed by atoms with Crippen molar-refractivity contribution in [2.24, 2.45) is 0 Å². The Morgan fingerprint density at radius 3 is 1.30 bits per heavy atom. The van der Waals surface area contributed by atoms with Crippen LogP contribution in [0.2, 0.25) is 0 Å². The fraction of sp³-hybridized carbons (Fsp3) is 0.333. The van der Waals surface area contributed by atoms with Gasteiger partial charge in [-0.25, -0.2) is 12.2 Å². The zero-order chi connectivity index (χ0) is 15.9. The van der Waals surface area contributed by atoms with Crippen LogP contribution in [0.4, 0.5) is 0 Å².